The number of nitrogens with one attached hydrogen (secondary N) is 2. The minimum absolute atomic E-state index is 0.223. The first-order valence-electron chi connectivity index (χ1n) is 5.19. The molecule has 0 atom stereocenters. The molecule has 1 aromatic carbocycles. The van der Waals surface area contributed by atoms with E-state index < -0.39 is 5.91 Å². The number of carbonyl (C=O) groups is 1. The van der Waals surface area contributed by atoms with Crippen LogP contribution in [0.2, 0.25) is 0 Å². The molecule has 0 saturated carbocycles. The highest BCUT2D eigenvalue weighted by molar-refractivity contribution is 7.17. The maximum atomic E-state index is 13.3. The highest BCUT2D eigenvalue weighted by atomic mass is 32.1. The Hall–Kier alpha value is -2.02. The molecular weight excluding hydrogens is 255 g/mol. The predicted molar refractivity (Wildman–Crippen MR) is 68.5 cm³/mol. The van der Waals surface area contributed by atoms with Crippen molar-refractivity contribution in [3.05, 3.63) is 34.6 Å². The molecule has 7 heteroatoms. The Morgan fingerprint density at radius 1 is 1.39 bits per heavy atom. The number of benzene rings is 1. The molecule has 5 nitrogen and oxygen atoms in total. The maximum absolute atomic E-state index is 13.3. The van der Waals surface area contributed by atoms with E-state index in [4.69, 9.17) is 0 Å². The van der Waals surface area contributed by atoms with E-state index >= 15 is 0 Å². The summed E-state index contributed by atoms with van der Waals surface area (Å²) in [6, 6.07) is 4.51. The molecule has 0 radical (unpaired) electrons. The van der Waals surface area contributed by atoms with Gasteiger partial charge in [0.2, 0.25) is 10.1 Å². The van der Waals surface area contributed by atoms with E-state index in [1.807, 2.05) is 0 Å². The van der Waals surface area contributed by atoms with Crippen LogP contribution in [0.25, 0.3) is 0 Å². The Kier molecular flexibility index (Phi) is 3.52. The summed E-state index contributed by atoms with van der Waals surface area (Å²) in [6.45, 7) is 1.66. The zero-order chi connectivity index (χ0) is 13.1. The van der Waals surface area contributed by atoms with Gasteiger partial charge >= 0.3 is 0 Å². The molecule has 2 rings (SSSR count). The number of aryl methyl sites for hydroxylation is 1. The summed E-state index contributed by atoms with van der Waals surface area (Å²) in [6.07, 6.45) is 0. The average molecular weight is 266 g/mol. The third-order valence-electron chi connectivity index (χ3n) is 2.26. The van der Waals surface area contributed by atoms with Crippen LogP contribution < -0.4 is 10.6 Å². The first kappa shape index (κ1) is 12.4. The van der Waals surface area contributed by atoms with Gasteiger partial charge in [-0.3, -0.25) is 4.79 Å². The number of aromatic nitrogens is 2. The minimum Gasteiger partial charge on any atom is -0.363 e. The Balaban J connectivity index is 2.13. The van der Waals surface area contributed by atoms with Crippen molar-refractivity contribution in [1.82, 2.24) is 10.2 Å². The van der Waals surface area contributed by atoms with Gasteiger partial charge in [0.15, 0.2) is 0 Å². The number of carbonyl (C=O) groups excluding carboxylic acids is 1. The van der Waals surface area contributed by atoms with Gasteiger partial charge in [0.05, 0.1) is 0 Å². The molecule has 0 aliphatic rings. The maximum Gasteiger partial charge on any atom is 0.286 e. The standard InChI is InChI=1S/C11H11FN4OS/c1-6-3-4-7(5-8(6)12)14-9(17)10-15-16-11(13-2)18-10/h3-5H,1-2H3,(H,13,16)(H,14,17). The first-order valence-corrected chi connectivity index (χ1v) is 6.00. The quantitative estimate of drug-likeness (QED) is 0.894. The predicted octanol–water partition coefficient (Wildman–Crippen LogP) is 2.28. The highest BCUT2D eigenvalue weighted by Gasteiger charge is 2.12. The molecule has 0 aliphatic carbocycles. The van der Waals surface area contributed by atoms with Crippen LogP contribution in [0.15, 0.2) is 18.2 Å². The second-order valence-electron chi connectivity index (χ2n) is 3.58. The Bertz CT molecular complexity index is 584. The number of halogens is 1. The van der Waals surface area contributed by atoms with Gasteiger partial charge in [-0.25, -0.2) is 4.39 Å². The third-order valence-corrected chi connectivity index (χ3v) is 3.20. The number of nitrogens with zero attached hydrogens (tertiary/aromatic N) is 2. The molecule has 2 N–H and O–H groups in total. The summed E-state index contributed by atoms with van der Waals surface area (Å²) in [5.74, 6) is -0.766. The van der Waals surface area contributed by atoms with Crippen LogP contribution >= 0.6 is 11.3 Å². The monoisotopic (exact) mass is 266 g/mol. The summed E-state index contributed by atoms with van der Waals surface area (Å²) in [5, 5.41) is 13.6. The number of amides is 1. The Morgan fingerprint density at radius 3 is 2.78 bits per heavy atom. The van der Waals surface area contributed by atoms with Crippen molar-refractivity contribution in [3.63, 3.8) is 0 Å². The molecule has 18 heavy (non-hydrogen) atoms. The van der Waals surface area contributed by atoms with Crippen molar-refractivity contribution in [3.8, 4) is 0 Å². The molecule has 1 heterocycles. The average Bonchev–Trinajstić information content (AvgIpc) is 2.82. The molecule has 0 aliphatic heterocycles. The number of hydrogen-bond donors (Lipinski definition) is 2. The van der Waals surface area contributed by atoms with Gasteiger partial charge < -0.3 is 10.6 Å². The van der Waals surface area contributed by atoms with Crippen LogP contribution in [0, 0.1) is 12.7 Å². The minimum atomic E-state index is -0.405. The van der Waals surface area contributed by atoms with Gasteiger partial charge in [-0.2, -0.15) is 0 Å². The molecule has 0 saturated heterocycles. The lowest BCUT2D eigenvalue weighted by Gasteiger charge is -2.03. The summed E-state index contributed by atoms with van der Waals surface area (Å²) < 4.78 is 13.3. The van der Waals surface area contributed by atoms with Gasteiger partial charge in [0.25, 0.3) is 5.91 Å². The van der Waals surface area contributed by atoms with Gasteiger partial charge in [-0.1, -0.05) is 17.4 Å². The van der Waals surface area contributed by atoms with Crippen molar-refractivity contribution in [2.45, 2.75) is 6.92 Å². The van der Waals surface area contributed by atoms with Crippen molar-refractivity contribution >= 4 is 28.1 Å². The Morgan fingerprint density at radius 2 is 2.17 bits per heavy atom. The van der Waals surface area contributed by atoms with E-state index in [0.717, 1.165) is 11.3 Å². The fraction of sp³-hybridized carbons (Fsp3) is 0.182. The van der Waals surface area contributed by atoms with Crippen LogP contribution in [-0.4, -0.2) is 23.2 Å². The van der Waals surface area contributed by atoms with E-state index in [0.29, 0.717) is 16.4 Å². The molecular formula is C11H11FN4OS. The molecule has 0 spiro atoms. The molecule has 2 aromatic rings. The molecule has 0 fully saturated rings. The fourth-order valence-electron chi connectivity index (χ4n) is 1.27. The van der Waals surface area contributed by atoms with Crippen molar-refractivity contribution in [1.29, 1.82) is 0 Å². The van der Waals surface area contributed by atoms with E-state index in [1.54, 1.807) is 26.1 Å². The summed E-state index contributed by atoms with van der Waals surface area (Å²) in [5.41, 5.74) is 0.922. The molecule has 94 valence electrons. The second kappa shape index (κ2) is 5.09. The van der Waals surface area contributed by atoms with Crippen LogP contribution in [0.4, 0.5) is 15.2 Å². The number of rotatable bonds is 3. The molecule has 0 bridgehead atoms. The van der Waals surface area contributed by atoms with Crippen LogP contribution in [0.1, 0.15) is 15.4 Å². The lowest BCUT2D eigenvalue weighted by atomic mass is 10.2. The lowest BCUT2D eigenvalue weighted by Crippen LogP contribution is -2.11. The SMILES string of the molecule is CNc1nnc(C(=O)Nc2ccc(C)c(F)c2)s1. The second-order valence-corrected chi connectivity index (χ2v) is 4.56. The molecule has 1 amide bonds. The van der Waals surface area contributed by atoms with E-state index in [-0.39, 0.29) is 10.8 Å². The highest BCUT2D eigenvalue weighted by Crippen LogP contribution is 2.18. The number of anilines is 2. The van der Waals surface area contributed by atoms with Gasteiger partial charge in [-0.15, -0.1) is 10.2 Å². The fourth-order valence-corrected chi connectivity index (χ4v) is 1.86. The van der Waals surface area contributed by atoms with Gasteiger partial charge in [0, 0.05) is 12.7 Å². The van der Waals surface area contributed by atoms with Crippen molar-refractivity contribution < 1.29 is 9.18 Å². The zero-order valence-electron chi connectivity index (χ0n) is 9.82. The van der Waals surface area contributed by atoms with E-state index in [9.17, 15) is 9.18 Å². The zero-order valence-corrected chi connectivity index (χ0v) is 10.6. The van der Waals surface area contributed by atoms with Crippen LogP contribution in [-0.2, 0) is 0 Å². The van der Waals surface area contributed by atoms with E-state index in [2.05, 4.69) is 20.8 Å². The summed E-state index contributed by atoms with van der Waals surface area (Å²) in [7, 11) is 1.69. The van der Waals surface area contributed by atoms with Crippen LogP contribution in [0.5, 0.6) is 0 Å². The molecule has 1 aromatic heterocycles. The third kappa shape index (κ3) is 2.62. The largest absolute Gasteiger partial charge is 0.363 e. The van der Waals surface area contributed by atoms with Gasteiger partial charge in [0.1, 0.15) is 5.82 Å². The lowest BCUT2D eigenvalue weighted by molar-refractivity contribution is 0.102. The van der Waals surface area contributed by atoms with Crippen molar-refractivity contribution in [2.75, 3.05) is 17.7 Å². The van der Waals surface area contributed by atoms with Gasteiger partial charge in [-0.05, 0) is 24.6 Å². The summed E-state index contributed by atoms with van der Waals surface area (Å²) >= 11 is 1.13. The normalized spacial score (nSPS) is 10.2. The smallest absolute Gasteiger partial charge is 0.286 e. The number of hydrogen-bond acceptors (Lipinski definition) is 5. The van der Waals surface area contributed by atoms with Crippen LogP contribution in [0.3, 0.4) is 0 Å². The molecule has 0 unspecified atom stereocenters. The Labute approximate surface area is 107 Å². The topological polar surface area (TPSA) is 66.9 Å². The van der Waals surface area contributed by atoms with E-state index in [1.165, 1.54) is 6.07 Å². The van der Waals surface area contributed by atoms with Crippen molar-refractivity contribution in [2.24, 2.45) is 0 Å². The first-order chi connectivity index (χ1) is 8.60. The summed E-state index contributed by atoms with van der Waals surface area (Å²) in [4.78, 5) is 11.8.